The Morgan fingerprint density at radius 1 is 0.542 bits per heavy atom. The fourth-order valence-corrected chi connectivity index (χ4v) is 16.9. The fraction of sp³-hybridized carbons (Fsp3) is 0.431. The Labute approximate surface area is 512 Å². The number of carbonyl (C=O) groups is 9. The van der Waals surface area contributed by atoms with Gasteiger partial charge < -0.3 is 14.8 Å². The molecule has 14 nitrogen and oxygen atoms in total. The van der Waals surface area contributed by atoms with Crippen molar-refractivity contribution < 1.29 is 52.6 Å². The van der Waals surface area contributed by atoms with E-state index in [1.165, 1.54) is 30.9 Å². The van der Waals surface area contributed by atoms with Gasteiger partial charge in [-0.2, -0.15) is 0 Å². The van der Waals surface area contributed by atoms with E-state index in [1.54, 1.807) is 6.92 Å². The van der Waals surface area contributed by atoms with Crippen molar-refractivity contribution >= 4 is 130 Å². The van der Waals surface area contributed by atoms with Crippen LogP contribution in [0.1, 0.15) is 110 Å². The molecule has 83 heavy (non-hydrogen) atoms. The van der Waals surface area contributed by atoms with Gasteiger partial charge in [-0.3, -0.25) is 48.2 Å². The number of imide groups is 2. The number of halogens is 4. The largest absolute Gasteiger partial charge is 0.469 e. The number of methoxy groups -OCH3 is 2. The molecule has 4 bridgehead atoms. The van der Waals surface area contributed by atoms with Crippen LogP contribution in [0.15, 0.2) is 121 Å². The number of alkyl halides is 4. The van der Waals surface area contributed by atoms with Crippen LogP contribution < -0.4 is 5.32 Å². The molecule has 4 aromatic rings. The van der Waals surface area contributed by atoms with Crippen LogP contribution in [0, 0.1) is 39.4 Å². The summed E-state index contributed by atoms with van der Waals surface area (Å²) in [6.45, 7) is 10.8. The first-order chi connectivity index (χ1) is 38.9. The van der Waals surface area contributed by atoms with Gasteiger partial charge in [0.1, 0.15) is 14.7 Å². The number of Topliss-reactive ketones (excluding diaryl/α,β-unsaturated/α-hetero) is 2. The highest BCUT2D eigenvalue weighted by atomic mass is 79.9. The van der Waals surface area contributed by atoms with Crippen LogP contribution in [0.25, 0.3) is 22.3 Å². The number of esters is 2. The smallest absolute Gasteiger partial charge is 0.328 e. The molecular weight excluding hydrogens is 1230 g/mol. The van der Waals surface area contributed by atoms with Gasteiger partial charge in [0, 0.05) is 20.0 Å². The van der Waals surface area contributed by atoms with Crippen molar-refractivity contribution in [2.45, 2.75) is 102 Å². The number of amides is 5. The van der Waals surface area contributed by atoms with Crippen molar-refractivity contribution in [2.24, 2.45) is 39.4 Å². The first-order valence-corrected chi connectivity index (χ1v) is 30.0. The average molecular weight is 1300 g/mol. The Morgan fingerprint density at radius 3 is 1.17 bits per heavy atom. The number of unbranched alkanes of at least 4 members (excludes halogenated alkanes) is 2. The average Bonchev–Trinajstić information content (AvgIpc) is 1.48. The van der Waals surface area contributed by atoms with E-state index >= 15 is 0 Å². The number of ketones is 2. The number of hydrogen-bond acceptors (Lipinski definition) is 11. The number of likely N-dealkylation sites (tertiary alicyclic amines) is 2. The summed E-state index contributed by atoms with van der Waals surface area (Å²) in [4.78, 5) is 123. The molecule has 10 rings (SSSR count). The third kappa shape index (κ3) is 9.79. The second-order valence-electron chi connectivity index (χ2n) is 22.4. The molecule has 8 unspecified atom stereocenters. The Morgan fingerprint density at radius 2 is 0.855 bits per heavy atom. The molecule has 5 amide bonds. The highest BCUT2D eigenvalue weighted by Crippen LogP contribution is 2.79. The van der Waals surface area contributed by atoms with E-state index in [2.05, 4.69) is 37.2 Å². The Bertz CT molecular complexity index is 3290. The van der Waals surface area contributed by atoms with Crippen molar-refractivity contribution in [1.29, 1.82) is 0 Å². The molecule has 10 atom stereocenters. The summed E-state index contributed by atoms with van der Waals surface area (Å²) in [5, 5.41) is 2.77. The number of ether oxygens (including phenoxy) is 2. The molecule has 4 fully saturated rings. The molecule has 2 heterocycles. The molecule has 4 aromatic carbocycles. The van der Waals surface area contributed by atoms with Crippen LogP contribution in [0.4, 0.5) is 0 Å². The topological polar surface area (TPSA) is 191 Å². The predicted molar refractivity (Wildman–Crippen MR) is 327 cm³/mol. The van der Waals surface area contributed by atoms with Gasteiger partial charge in [0.2, 0.25) is 29.5 Å². The molecule has 4 aliphatic carbocycles. The summed E-state index contributed by atoms with van der Waals surface area (Å²) in [6.07, 6.45) is 3.04. The van der Waals surface area contributed by atoms with E-state index in [4.69, 9.17) is 32.7 Å². The molecule has 0 radical (unpaired) electrons. The lowest BCUT2D eigenvalue weighted by Gasteiger charge is -2.41. The normalized spacial score (nSPS) is 28.7. The van der Waals surface area contributed by atoms with E-state index < -0.39 is 60.1 Å². The van der Waals surface area contributed by atoms with Crippen LogP contribution in [-0.4, -0.2) is 110 Å². The summed E-state index contributed by atoms with van der Waals surface area (Å²) < 4.78 is 6.77. The quantitative estimate of drug-likeness (QED) is 0.0458. The van der Waals surface area contributed by atoms with Crippen molar-refractivity contribution in [3.05, 3.63) is 144 Å². The van der Waals surface area contributed by atoms with Crippen LogP contribution in [0.3, 0.4) is 0 Å². The summed E-state index contributed by atoms with van der Waals surface area (Å²) in [7, 11) is 2.62. The SMILES string of the molecule is C.COC(=O)[C@@H](C)CCCCN1C(=O)C2C3(C)C(=O)C(C)(C(c4ccccc4)=C3c3ccccc3)C2(Br)C1=O.COC(=O)[C@H](CCCCN1C(=O)C2C3(C)C(=O)C(C)(C(c4ccccc4)=C3c3ccccc3)C2(Br)C1=O)NC(C)=O.ClCCl. The number of nitrogens with zero attached hydrogens (tertiary/aromatic N) is 2. The molecule has 440 valence electrons. The summed E-state index contributed by atoms with van der Waals surface area (Å²) >= 11 is 17.1. The van der Waals surface area contributed by atoms with Crippen molar-refractivity contribution in [1.82, 2.24) is 15.1 Å². The van der Waals surface area contributed by atoms with Gasteiger partial charge >= 0.3 is 11.9 Å². The first-order valence-electron chi connectivity index (χ1n) is 27.4. The van der Waals surface area contributed by atoms with Crippen LogP contribution in [0.2, 0.25) is 0 Å². The van der Waals surface area contributed by atoms with Crippen molar-refractivity contribution in [3.8, 4) is 0 Å². The van der Waals surface area contributed by atoms with Crippen LogP contribution in [-0.2, 0) is 52.6 Å². The molecular formula is C65H71Br2Cl2N3O11. The third-order valence-electron chi connectivity index (χ3n) is 18.0. The lowest BCUT2D eigenvalue weighted by Crippen LogP contribution is -2.50. The maximum atomic E-state index is 14.4. The van der Waals surface area contributed by atoms with Gasteiger partial charge in [-0.25, -0.2) is 4.79 Å². The lowest BCUT2D eigenvalue weighted by molar-refractivity contribution is -0.146. The predicted octanol–water partition coefficient (Wildman–Crippen LogP) is 11.5. The van der Waals surface area contributed by atoms with Gasteiger partial charge in [-0.15, -0.1) is 23.2 Å². The minimum atomic E-state index is -1.43. The number of fused-ring (bicyclic) bond motifs is 10. The molecule has 2 saturated carbocycles. The Kier molecular flexibility index (Phi) is 19.3. The van der Waals surface area contributed by atoms with E-state index in [-0.39, 0.29) is 72.9 Å². The monoisotopic (exact) mass is 1300 g/mol. The highest BCUT2D eigenvalue weighted by Gasteiger charge is 2.87. The van der Waals surface area contributed by atoms with E-state index in [0.717, 1.165) is 44.5 Å². The summed E-state index contributed by atoms with van der Waals surface area (Å²) in [5.74, 6) is -4.87. The summed E-state index contributed by atoms with van der Waals surface area (Å²) in [6, 6.07) is 37.8. The Hall–Kier alpha value is -6.07. The van der Waals surface area contributed by atoms with E-state index in [9.17, 15) is 43.2 Å². The fourth-order valence-electron chi connectivity index (χ4n) is 14.4. The minimum absolute atomic E-state index is 0. The Balaban J connectivity index is 0.000000226. The van der Waals surface area contributed by atoms with Crippen molar-refractivity contribution in [2.75, 3.05) is 32.6 Å². The highest BCUT2D eigenvalue weighted by molar-refractivity contribution is 9.10. The van der Waals surface area contributed by atoms with Crippen molar-refractivity contribution in [3.63, 3.8) is 0 Å². The molecule has 0 spiro atoms. The van der Waals surface area contributed by atoms with Gasteiger partial charge in [0.05, 0.1) is 59.0 Å². The number of carbonyl (C=O) groups excluding carboxylic acids is 9. The van der Waals surface area contributed by atoms with E-state index in [0.29, 0.717) is 38.5 Å². The van der Waals surface area contributed by atoms with Crippen LogP contribution in [0.5, 0.6) is 0 Å². The standard InChI is InChI=1S/C32H33BrN2O6.C31H32BrNO5.CH2Cl2.CH4/c1-19(36)34-22(27(38)41-4)17-11-12-18-35-26(37)25-30(2)23(20-13-7-5-8-14-20)24(21-15-9-6-10-16-21)31(3,28(30)39)32(25,33)29(35)40;1-19(26(35)38-4)13-11-12-18-33-25(34)24-29(2)22(20-14-7-5-8-15-20)23(21-16-9-6-10-17-21)30(3,27(29)36)31(24,32)28(33)37;2-1-3;/h5-10,13-16,22,25H,11-12,17-18H2,1-4H3,(H,34,36);5-10,14-17,19,24H,11-13,18H2,1-4H3;1H2;1H4/t22-,25?,30?,31?,32?;19-,24?,29?,30?,31?;;/m00../s1. The second kappa shape index (κ2) is 24.9. The van der Waals surface area contributed by atoms with Gasteiger partial charge in [-0.1, -0.05) is 174 Å². The molecule has 18 heteroatoms. The number of benzene rings is 4. The zero-order valence-corrected chi connectivity index (χ0v) is 51.8. The maximum Gasteiger partial charge on any atom is 0.328 e. The number of nitrogens with one attached hydrogen (secondary N) is 1. The number of rotatable bonds is 17. The zero-order chi connectivity index (χ0) is 59.9. The molecule has 2 saturated heterocycles. The third-order valence-corrected chi connectivity index (χ3v) is 21.2. The molecule has 2 aliphatic heterocycles. The number of hydrogen-bond donors (Lipinski definition) is 1. The molecule has 0 aromatic heterocycles. The maximum absolute atomic E-state index is 14.4. The van der Waals surface area contributed by atoms with Gasteiger partial charge in [0.15, 0.2) is 11.6 Å². The van der Waals surface area contributed by atoms with E-state index in [1.807, 2.05) is 149 Å². The van der Waals surface area contributed by atoms with Crippen LogP contribution >= 0.6 is 55.1 Å². The van der Waals surface area contributed by atoms with Gasteiger partial charge in [0.25, 0.3) is 0 Å². The summed E-state index contributed by atoms with van der Waals surface area (Å²) in [5.41, 5.74) is 1.71. The zero-order valence-electron chi connectivity index (χ0n) is 47.1. The lowest BCUT2D eigenvalue weighted by atomic mass is 9.63. The first kappa shape index (κ1) is 64.5. The van der Waals surface area contributed by atoms with Gasteiger partial charge in [-0.05, 0) is 104 Å². The molecule has 6 aliphatic rings. The minimum Gasteiger partial charge on any atom is -0.469 e. The molecule has 1 N–H and O–H groups in total. The second-order valence-corrected chi connectivity index (χ2v) is 25.8. The number of allylic oxidation sites excluding steroid dienone is 4.